The lowest BCUT2D eigenvalue weighted by atomic mass is 9.85. The summed E-state index contributed by atoms with van der Waals surface area (Å²) in [7, 11) is 0. The smallest absolute Gasteiger partial charge is 0.143 e. The Balaban J connectivity index is 1.19. The highest BCUT2D eigenvalue weighted by Gasteiger charge is 2.21. The van der Waals surface area contributed by atoms with Gasteiger partial charge in [0.1, 0.15) is 17.0 Å². The van der Waals surface area contributed by atoms with Crippen LogP contribution in [0.15, 0.2) is 168 Å². The van der Waals surface area contributed by atoms with Gasteiger partial charge >= 0.3 is 0 Å². The van der Waals surface area contributed by atoms with Crippen molar-refractivity contribution in [2.45, 2.75) is 0 Å². The van der Waals surface area contributed by atoms with E-state index in [-0.39, 0.29) is 5.82 Å². The van der Waals surface area contributed by atoms with E-state index < -0.39 is 0 Å². The number of para-hydroxylation sites is 4. The van der Waals surface area contributed by atoms with Crippen molar-refractivity contribution in [1.82, 2.24) is 9.97 Å². The second kappa shape index (κ2) is 11.2. The Morgan fingerprint density at radius 1 is 0.400 bits per heavy atom. The van der Waals surface area contributed by atoms with Crippen molar-refractivity contribution < 1.29 is 8.81 Å². The Morgan fingerprint density at radius 2 is 0.920 bits per heavy atom. The molecule has 0 radical (unpaired) electrons. The van der Waals surface area contributed by atoms with Gasteiger partial charge in [-0.15, -0.1) is 0 Å². The SMILES string of the molecule is Fc1cccc(-c2nc3ccccc3nc2-c2ccc(-c3c4ccccc4c(-c4cccc5c4oc4ccccc45)c4ccccc34)cc2)c1. The van der Waals surface area contributed by atoms with Crippen LogP contribution in [0.5, 0.6) is 0 Å². The van der Waals surface area contributed by atoms with Gasteiger partial charge in [-0.25, -0.2) is 14.4 Å². The molecule has 0 spiro atoms. The van der Waals surface area contributed by atoms with E-state index in [0.717, 1.165) is 76.8 Å². The van der Waals surface area contributed by atoms with Gasteiger partial charge in [0.25, 0.3) is 0 Å². The van der Waals surface area contributed by atoms with Crippen LogP contribution < -0.4 is 0 Å². The molecule has 0 bridgehead atoms. The Labute approximate surface area is 286 Å². The topological polar surface area (TPSA) is 38.9 Å². The van der Waals surface area contributed by atoms with Crippen LogP contribution in [0.4, 0.5) is 4.39 Å². The summed E-state index contributed by atoms with van der Waals surface area (Å²) >= 11 is 0. The van der Waals surface area contributed by atoms with Crippen LogP contribution in [0.25, 0.3) is 99.3 Å². The van der Waals surface area contributed by atoms with Crippen LogP contribution in [0, 0.1) is 5.82 Å². The van der Waals surface area contributed by atoms with E-state index in [1.807, 2.05) is 42.5 Å². The fourth-order valence-electron chi connectivity index (χ4n) is 7.51. The highest BCUT2D eigenvalue weighted by atomic mass is 19.1. The molecule has 0 N–H and O–H groups in total. The normalized spacial score (nSPS) is 11.7. The molecule has 0 fully saturated rings. The third-order valence-electron chi connectivity index (χ3n) is 9.72. The largest absolute Gasteiger partial charge is 0.455 e. The lowest BCUT2D eigenvalue weighted by Crippen LogP contribution is -1.96. The van der Waals surface area contributed by atoms with E-state index >= 15 is 0 Å². The summed E-state index contributed by atoms with van der Waals surface area (Å²) in [4.78, 5) is 10.0. The van der Waals surface area contributed by atoms with Gasteiger partial charge in [0.2, 0.25) is 0 Å². The van der Waals surface area contributed by atoms with Gasteiger partial charge in [-0.1, -0.05) is 133 Å². The lowest BCUT2D eigenvalue weighted by Gasteiger charge is -2.18. The molecule has 234 valence electrons. The molecule has 3 nitrogen and oxygen atoms in total. The van der Waals surface area contributed by atoms with Crippen molar-refractivity contribution in [2.75, 3.05) is 0 Å². The number of halogens is 1. The van der Waals surface area contributed by atoms with Crippen molar-refractivity contribution in [1.29, 1.82) is 0 Å². The number of furan rings is 1. The second-order valence-corrected chi connectivity index (χ2v) is 12.6. The zero-order valence-corrected chi connectivity index (χ0v) is 26.8. The van der Waals surface area contributed by atoms with Gasteiger partial charge in [0.05, 0.1) is 22.4 Å². The average Bonchev–Trinajstić information content (AvgIpc) is 3.56. The highest BCUT2D eigenvalue weighted by molar-refractivity contribution is 6.24. The fourth-order valence-corrected chi connectivity index (χ4v) is 7.51. The third-order valence-corrected chi connectivity index (χ3v) is 9.72. The Hall–Kier alpha value is -6.65. The van der Waals surface area contributed by atoms with Gasteiger partial charge < -0.3 is 4.42 Å². The molecule has 0 aliphatic rings. The van der Waals surface area contributed by atoms with Crippen molar-refractivity contribution in [3.8, 4) is 44.8 Å². The van der Waals surface area contributed by atoms with Crippen molar-refractivity contribution in [2.24, 2.45) is 0 Å². The first-order valence-electron chi connectivity index (χ1n) is 16.7. The number of fused-ring (bicyclic) bond motifs is 6. The quantitative estimate of drug-likeness (QED) is 0.179. The fraction of sp³-hybridized carbons (Fsp3) is 0. The maximum Gasteiger partial charge on any atom is 0.143 e. The average molecular weight is 643 g/mol. The molecule has 50 heavy (non-hydrogen) atoms. The zero-order chi connectivity index (χ0) is 33.2. The number of nitrogens with zero attached hydrogens (tertiary/aromatic N) is 2. The zero-order valence-electron chi connectivity index (χ0n) is 26.8. The van der Waals surface area contributed by atoms with E-state index in [0.29, 0.717) is 17.0 Å². The van der Waals surface area contributed by atoms with Crippen LogP contribution in [-0.4, -0.2) is 9.97 Å². The van der Waals surface area contributed by atoms with E-state index in [1.54, 1.807) is 6.07 Å². The van der Waals surface area contributed by atoms with Gasteiger partial charge in [-0.3, -0.25) is 0 Å². The predicted octanol–water partition coefficient (Wildman–Crippen LogP) is 12.6. The molecular weight excluding hydrogens is 616 g/mol. The molecule has 0 aliphatic carbocycles. The van der Waals surface area contributed by atoms with Gasteiger partial charge in [0.15, 0.2) is 0 Å². The second-order valence-electron chi connectivity index (χ2n) is 12.6. The molecular formula is C46H27FN2O. The summed E-state index contributed by atoms with van der Waals surface area (Å²) in [6.07, 6.45) is 0. The van der Waals surface area contributed by atoms with Crippen molar-refractivity contribution >= 4 is 54.5 Å². The summed E-state index contributed by atoms with van der Waals surface area (Å²) in [6, 6.07) is 54.8. The maximum absolute atomic E-state index is 14.4. The summed E-state index contributed by atoms with van der Waals surface area (Å²) in [5, 5.41) is 6.87. The first kappa shape index (κ1) is 28.4. The van der Waals surface area contributed by atoms with Gasteiger partial charge in [0, 0.05) is 33.0 Å². The molecule has 2 aromatic heterocycles. The molecule has 10 rings (SSSR count). The number of hydrogen-bond acceptors (Lipinski definition) is 3. The lowest BCUT2D eigenvalue weighted by molar-refractivity contribution is 0.628. The first-order valence-corrected chi connectivity index (χ1v) is 16.7. The monoisotopic (exact) mass is 642 g/mol. The molecule has 4 heteroatoms. The minimum atomic E-state index is -0.308. The van der Waals surface area contributed by atoms with E-state index in [4.69, 9.17) is 14.4 Å². The minimum Gasteiger partial charge on any atom is -0.455 e. The van der Waals surface area contributed by atoms with Gasteiger partial charge in [-0.2, -0.15) is 0 Å². The number of benzene rings is 8. The first-order chi connectivity index (χ1) is 24.7. The molecule has 0 aliphatic heterocycles. The summed E-state index contributed by atoms with van der Waals surface area (Å²) < 4.78 is 21.0. The molecule has 0 saturated heterocycles. The Morgan fingerprint density at radius 3 is 1.58 bits per heavy atom. The molecule has 0 saturated carbocycles. The van der Waals surface area contributed by atoms with E-state index in [9.17, 15) is 4.39 Å². The van der Waals surface area contributed by atoms with E-state index in [1.165, 1.54) is 17.7 Å². The summed E-state index contributed by atoms with van der Waals surface area (Å²) in [5.41, 5.74) is 10.8. The summed E-state index contributed by atoms with van der Waals surface area (Å²) in [5.74, 6) is -0.308. The third kappa shape index (κ3) is 4.42. The standard InChI is InChI=1S/C46H27FN2O/c47-31-12-9-11-30(27-31)45-44(48-39-20-6-7-21-40(39)49-45)29-25-23-28(24-26-29)42-33-14-1-3-16-35(33)43(36-17-4-2-15-34(36)42)38-19-10-18-37-32-13-5-8-22-41(32)50-46(37)38/h1-27H. The summed E-state index contributed by atoms with van der Waals surface area (Å²) in [6.45, 7) is 0. The number of hydrogen-bond donors (Lipinski definition) is 0. The van der Waals surface area contributed by atoms with Crippen molar-refractivity contribution in [3.05, 3.63) is 170 Å². The van der Waals surface area contributed by atoms with Crippen LogP contribution in [0.3, 0.4) is 0 Å². The molecule has 8 aromatic carbocycles. The van der Waals surface area contributed by atoms with Gasteiger partial charge in [-0.05, 0) is 63.0 Å². The molecule has 0 atom stereocenters. The predicted molar refractivity (Wildman–Crippen MR) is 204 cm³/mol. The molecule has 10 aromatic rings. The van der Waals surface area contributed by atoms with Crippen LogP contribution in [0.2, 0.25) is 0 Å². The van der Waals surface area contributed by atoms with Crippen LogP contribution in [-0.2, 0) is 0 Å². The maximum atomic E-state index is 14.4. The van der Waals surface area contributed by atoms with Crippen LogP contribution >= 0.6 is 0 Å². The van der Waals surface area contributed by atoms with Crippen LogP contribution in [0.1, 0.15) is 0 Å². The minimum absolute atomic E-state index is 0.308. The molecule has 0 amide bonds. The Kier molecular flexibility index (Phi) is 6.36. The highest BCUT2D eigenvalue weighted by Crippen LogP contribution is 2.46. The molecule has 0 unspecified atom stereocenters. The van der Waals surface area contributed by atoms with E-state index in [2.05, 4.69) is 103 Å². The Bertz CT molecular complexity index is 2890. The van der Waals surface area contributed by atoms with Crippen molar-refractivity contribution in [3.63, 3.8) is 0 Å². The molecule has 2 heterocycles. The number of aromatic nitrogens is 2. The number of rotatable bonds is 4.